The maximum absolute atomic E-state index is 12.1. The minimum absolute atomic E-state index is 0.312. The lowest BCUT2D eigenvalue weighted by Gasteiger charge is -2.12. The van der Waals surface area contributed by atoms with Crippen molar-refractivity contribution in [1.29, 1.82) is 0 Å². The molecule has 0 radical (unpaired) electrons. The van der Waals surface area contributed by atoms with Crippen molar-refractivity contribution < 1.29 is 14.3 Å². The van der Waals surface area contributed by atoms with E-state index in [-0.39, 0.29) is 5.91 Å². The highest BCUT2D eigenvalue weighted by Crippen LogP contribution is 2.30. The molecule has 1 heterocycles. The molecule has 1 amide bonds. The minimum Gasteiger partial charge on any atom is -0.493 e. The van der Waals surface area contributed by atoms with Crippen molar-refractivity contribution in [2.24, 2.45) is 0 Å². The summed E-state index contributed by atoms with van der Waals surface area (Å²) >= 11 is 5.96. The zero-order valence-electron chi connectivity index (χ0n) is 11.7. The molecule has 1 N–H and O–H groups in total. The Hall–Kier alpha value is -2.27. The molecule has 2 rings (SSSR count). The van der Waals surface area contributed by atoms with E-state index in [2.05, 4.69) is 10.3 Å². The summed E-state index contributed by atoms with van der Waals surface area (Å²) in [6.07, 6.45) is 2.95. The molecule has 2 aromatic rings. The smallest absolute Gasteiger partial charge is 0.258 e. The number of hydrogen-bond donors (Lipinski definition) is 1. The van der Waals surface area contributed by atoms with E-state index < -0.39 is 0 Å². The summed E-state index contributed by atoms with van der Waals surface area (Å²) in [5.41, 5.74) is 0.896. The summed E-state index contributed by atoms with van der Waals surface area (Å²) in [6.45, 7) is 2.42. The Morgan fingerprint density at radius 3 is 2.81 bits per heavy atom. The van der Waals surface area contributed by atoms with Crippen LogP contribution < -0.4 is 14.8 Å². The fourth-order valence-electron chi connectivity index (χ4n) is 1.76. The molecule has 0 aliphatic rings. The standard InChI is InChI=1S/C15H15ClN2O3/c1-3-21-13-5-4-10(8-14(13)20-2)18-15(19)11-9-17-7-6-12(11)16/h4-9H,3H2,1-2H3,(H,18,19). The van der Waals surface area contributed by atoms with Crippen molar-refractivity contribution in [1.82, 2.24) is 4.98 Å². The van der Waals surface area contributed by atoms with Crippen LogP contribution in [0.2, 0.25) is 5.02 Å². The van der Waals surface area contributed by atoms with E-state index in [1.54, 1.807) is 31.4 Å². The molecule has 0 saturated carbocycles. The second-order valence-corrected chi connectivity index (χ2v) is 4.52. The fourth-order valence-corrected chi connectivity index (χ4v) is 1.95. The van der Waals surface area contributed by atoms with Crippen molar-refractivity contribution in [3.8, 4) is 11.5 Å². The predicted molar refractivity (Wildman–Crippen MR) is 81.4 cm³/mol. The van der Waals surface area contributed by atoms with E-state index in [4.69, 9.17) is 21.1 Å². The molecule has 0 fully saturated rings. The van der Waals surface area contributed by atoms with Crippen LogP contribution in [0.4, 0.5) is 5.69 Å². The van der Waals surface area contributed by atoms with Gasteiger partial charge < -0.3 is 14.8 Å². The molecule has 110 valence electrons. The molecular weight excluding hydrogens is 292 g/mol. The van der Waals surface area contributed by atoms with Gasteiger partial charge in [-0.2, -0.15) is 0 Å². The summed E-state index contributed by atoms with van der Waals surface area (Å²) in [4.78, 5) is 16.0. The van der Waals surface area contributed by atoms with E-state index in [0.717, 1.165) is 0 Å². The average Bonchev–Trinajstić information content (AvgIpc) is 2.49. The molecule has 21 heavy (non-hydrogen) atoms. The van der Waals surface area contributed by atoms with E-state index in [1.807, 2.05) is 6.92 Å². The van der Waals surface area contributed by atoms with Crippen molar-refractivity contribution in [3.63, 3.8) is 0 Å². The van der Waals surface area contributed by atoms with Gasteiger partial charge in [-0.3, -0.25) is 9.78 Å². The van der Waals surface area contributed by atoms with Gasteiger partial charge in [0.1, 0.15) is 0 Å². The first-order valence-electron chi connectivity index (χ1n) is 6.37. The van der Waals surface area contributed by atoms with E-state index in [1.165, 1.54) is 12.4 Å². The summed E-state index contributed by atoms with van der Waals surface area (Å²) in [5, 5.41) is 3.09. The van der Waals surface area contributed by atoms with Crippen molar-refractivity contribution in [2.75, 3.05) is 19.0 Å². The van der Waals surface area contributed by atoms with Gasteiger partial charge in [-0.1, -0.05) is 11.6 Å². The summed E-state index contributed by atoms with van der Waals surface area (Å²) in [7, 11) is 1.54. The van der Waals surface area contributed by atoms with Crippen molar-refractivity contribution in [2.45, 2.75) is 6.92 Å². The van der Waals surface area contributed by atoms with Crippen LogP contribution in [0.15, 0.2) is 36.7 Å². The summed E-state index contributed by atoms with van der Waals surface area (Å²) < 4.78 is 10.7. The molecular formula is C15H15ClN2O3. The SMILES string of the molecule is CCOc1ccc(NC(=O)c2cnccc2Cl)cc1OC. The summed E-state index contributed by atoms with van der Waals surface area (Å²) in [6, 6.07) is 6.72. The molecule has 6 heteroatoms. The lowest BCUT2D eigenvalue weighted by atomic mass is 10.2. The lowest BCUT2D eigenvalue weighted by molar-refractivity contribution is 0.102. The van der Waals surface area contributed by atoms with Gasteiger partial charge >= 0.3 is 0 Å². The van der Waals surface area contributed by atoms with Crippen LogP contribution in [0, 0.1) is 0 Å². The second kappa shape index (κ2) is 6.95. The molecule has 1 aromatic carbocycles. The molecule has 5 nitrogen and oxygen atoms in total. The number of benzene rings is 1. The third-order valence-electron chi connectivity index (χ3n) is 2.73. The molecule has 0 saturated heterocycles. The predicted octanol–water partition coefficient (Wildman–Crippen LogP) is 3.39. The number of halogens is 1. The Morgan fingerprint density at radius 2 is 2.14 bits per heavy atom. The number of nitrogens with one attached hydrogen (secondary N) is 1. The van der Waals surface area contributed by atoms with Gasteiger partial charge in [0.05, 0.1) is 24.3 Å². The summed E-state index contributed by atoms with van der Waals surface area (Å²) in [5.74, 6) is 0.837. The van der Waals surface area contributed by atoms with Gasteiger partial charge in [-0.15, -0.1) is 0 Å². The minimum atomic E-state index is -0.334. The number of rotatable bonds is 5. The molecule has 0 aliphatic heterocycles. The number of ether oxygens (including phenoxy) is 2. The number of anilines is 1. The highest BCUT2D eigenvalue weighted by molar-refractivity contribution is 6.34. The fraction of sp³-hybridized carbons (Fsp3) is 0.200. The number of aromatic nitrogens is 1. The van der Waals surface area contributed by atoms with Crippen LogP contribution in [0.5, 0.6) is 11.5 Å². The largest absolute Gasteiger partial charge is 0.493 e. The highest BCUT2D eigenvalue weighted by Gasteiger charge is 2.12. The second-order valence-electron chi connectivity index (χ2n) is 4.11. The molecule has 0 bridgehead atoms. The maximum Gasteiger partial charge on any atom is 0.258 e. The first kappa shape index (κ1) is 15.1. The van der Waals surface area contributed by atoms with E-state index in [0.29, 0.717) is 34.4 Å². The Kier molecular flexibility index (Phi) is 5.00. The van der Waals surface area contributed by atoms with Gasteiger partial charge in [0.2, 0.25) is 0 Å². The number of hydrogen-bond acceptors (Lipinski definition) is 4. The number of nitrogens with zero attached hydrogens (tertiary/aromatic N) is 1. The Balaban J connectivity index is 2.20. The molecule has 0 spiro atoms. The maximum atomic E-state index is 12.1. The van der Waals surface area contributed by atoms with Crippen LogP contribution in [-0.4, -0.2) is 24.6 Å². The Bertz CT molecular complexity index is 647. The van der Waals surface area contributed by atoms with Crippen LogP contribution in [0.25, 0.3) is 0 Å². The number of methoxy groups -OCH3 is 1. The molecule has 0 unspecified atom stereocenters. The number of amides is 1. The van der Waals surface area contributed by atoms with Gasteiger partial charge in [0.25, 0.3) is 5.91 Å². The molecule has 0 atom stereocenters. The van der Waals surface area contributed by atoms with Crippen LogP contribution in [-0.2, 0) is 0 Å². The number of carbonyl (C=O) groups excluding carboxylic acids is 1. The Labute approximate surface area is 127 Å². The van der Waals surface area contributed by atoms with Gasteiger partial charge in [-0.25, -0.2) is 0 Å². The zero-order valence-corrected chi connectivity index (χ0v) is 12.5. The van der Waals surface area contributed by atoms with Gasteiger partial charge in [-0.05, 0) is 25.1 Å². The highest BCUT2D eigenvalue weighted by atomic mass is 35.5. The van der Waals surface area contributed by atoms with Gasteiger partial charge in [0, 0.05) is 24.1 Å². The third-order valence-corrected chi connectivity index (χ3v) is 3.06. The van der Waals surface area contributed by atoms with Crippen LogP contribution in [0.1, 0.15) is 17.3 Å². The quantitative estimate of drug-likeness (QED) is 0.919. The average molecular weight is 307 g/mol. The van der Waals surface area contributed by atoms with E-state index >= 15 is 0 Å². The van der Waals surface area contributed by atoms with Crippen LogP contribution in [0.3, 0.4) is 0 Å². The zero-order chi connectivity index (χ0) is 15.2. The molecule has 0 aliphatic carbocycles. The lowest BCUT2D eigenvalue weighted by Crippen LogP contribution is -2.12. The Morgan fingerprint density at radius 1 is 1.33 bits per heavy atom. The van der Waals surface area contributed by atoms with Crippen molar-refractivity contribution >= 4 is 23.2 Å². The topological polar surface area (TPSA) is 60.5 Å². The molecule has 1 aromatic heterocycles. The number of pyridine rings is 1. The van der Waals surface area contributed by atoms with Crippen molar-refractivity contribution in [3.05, 3.63) is 47.2 Å². The van der Waals surface area contributed by atoms with Crippen LogP contribution >= 0.6 is 11.6 Å². The van der Waals surface area contributed by atoms with Gasteiger partial charge in [0.15, 0.2) is 11.5 Å². The number of carbonyl (C=O) groups is 1. The van der Waals surface area contributed by atoms with E-state index in [9.17, 15) is 4.79 Å². The monoisotopic (exact) mass is 306 g/mol. The first-order valence-corrected chi connectivity index (χ1v) is 6.75. The third kappa shape index (κ3) is 3.64. The normalized spacial score (nSPS) is 10.0. The first-order chi connectivity index (χ1) is 10.2.